The van der Waals surface area contributed by atoms with Gasteiger partial charge in [0.15, 0.2) is 0 Å². The van der Waals surface area contributed by atoms with E-state index < -0.39 is 12.0 Å². The summed E-state index contributed by atoms with van der Waals surface area (Å²) in [6.07, 6.45) is 0.361. The molecule has 0 saturated heterocycles. The van der Waals surface area contributed by atoms with Gasteiger partial charge in [0, 0.05) is 13.5 Å². The first-order valence-electron chi connectivity index (χ1n) is 8.39. The van der Waals surface area contributed by atoms with E-state index in [1.807, 2.05) is 27.7 Å². The van der Waals surface area contributed by atoms with Crippen molar-refractivity contribution in [2.24, 2.45) is 11.8 Å². The fraction of sp³-hybridized carbons (Fsp3) is 0.611. The molecule has 0 aliphatic rings. The van der Waals surface area contributed by atoms with Gasteiger partial charge in [-0.3, -0.25) is 9.59 Å². The summed E-state index contributed by atoms with van der Waals surface area (Å²) < 4.78 is 5.41. The topological polar surface area (TPSA) is 99.9 Å². The molecule has 25 heavy (non-hydrogen) atoms. The predicted molar refractivity (Wildman–Crippen MR) is 93.1 cm³/mol. The molecule has 0 aromatic carbocycles. The Kier molecular flexibility index (Phi) is 7.21. The van der Waals surface area contributed by atoms with Crippen molar-refractivity contribution >= 4 is 17.8 Å². The molecule has 0 bridgehead atoms. The summed E-state index contributed by atoms with van der Waals surface area (Å²) in [7, 11) is 1.60. The normalized spacial score (nSPS) is 12.3. The van der Waals surface area contributed by atoms with Crippen molar-refractivity contribution in [1.29, 1.82) is 0 Å². The van der Waals surface area contributed by atoms with E-state index in [2.05, 4.69) is 5.32 Å². The minimum absolute atomic E-state index is 0.0704. The molecule has 0 fully saturated rings. The molecule has 0 spiro atoms. The second-order valence-electron chi connectivity index (χ2n) is 7.07. The molecule has 0 aliphatic heterocycles. The van der Waals surface area contributed by atoms with Gasteiger partial charge in [-0.2, -0.15) is 0 Å². The lowest BCUT2D eigenvalue weighted by molar-refractivity contribution is -0.137. The summed E-state index contributed by atoms with van der Waals surface area (Å²) >= 11 is 0. The number of furan rings is 1. The van der Waals surface area contributed by atoms with Gasteiger partial charge in [-0.15, -0.1) is 0 Å². The molecule has 2 N–H and O–H groups in total. The third-order valence-corrected chi connectivity index (χ3v) is 3.81. The second-order valence-corrected chi connectivity index (χ2v) is 7.07. The molecule has 2 amide bonds. The number of carboxylic acids is 1. The van der Waals surface area contributed by atoms with Crippen molar-refractivity contribution in [2.45, 2.75) is 53.6 Å². The monoisotopic (exact) mass is 352 g/mol. The van der Waals surface area contributed by atoms with Crippen LogP contribution >= 0.6 is 0 Å². The van der Waals surface area contributed by atoms with E-state index in [0.29, 0.717) is 17.9 Å². The van der Waals surface area contributed by atoms with Crippen LogP contribution in [0.4, 0.5) is 0 Å². The molecule has 1 unspecified atom stereocenters. The van der Waals surface area contributed by atoms with Gasteiger partial charge in [0.1, 0.15) is 23.1 Å². The Balaban J connectivity index is 2.81. The molecule has 1 aromatic rings. The van der Waals surface area contributed by atoms with Crippen molar-refractivity contribution in [1.82, 2.24) is 10.2 Å². The van der Waals surface area contributed by atoms with Gasteiger partial charge < -0.3 is 19.7 Å². The molecule has 0 saturated carbocycles. The maximum atomic E-state index is 12.7. The number of hydrogen-bond acceptors (Lipinski definition) is 4. The van der Waals surface area contributed by atoms with E-state index in [0.717, 1.165) is 0 Å². The van der Waals surface area contributed by atoms with Crippen LogP contribution in [-0.2, 0) is 16.1 Å². The number of aryl methyl sites for hydroxylation is 1. The minimum Gasteiger partial charge on any atom is -0.478 e. The molecular formula is C18H28N2O5. The maximum Gasteiger partial charge on any atom is 0.339 e. The van der Waals surface area contributed by atoms with Crippen LogP contribution in [0.1, 0.15) is 56.0 Å². The zero-order valence-corrected chi connectivity index (χ0v) is 15.8. The van der Waals surface area contributed by atoms with Gasteiger partial charge in [0.2, 0.25) is 11.8 Å². The number of hydrogen-bond donors (Lipinski definition) is 2. The van der Waals surface area contributed by atoms with Crippen molar-refractivity contribution in [3.63, 3.8) is 0 Å². The van der Waals surface area contributed by atoms with Gasteiger partial charge in [-0.05, 0) is 24.8 Å². The Labute approximate surface area is 148 Å². The number of likely N-dealkylation sites (N-methyl/N-ethyl adjacent to an activating group) is 1. The summed E-state index contributed by atoms with van der Waals surface area (Å²) in [6, 6.07) is 0.787. The van der Waals surface area contributed by atoms with Gasteiger partial charge in [-0.25, -0.2) is 4.79 Å². The average Bonchev–Trinajstić information content (AvgIpc) is 2.83. The van der Waals surface area contributed by atoms with Gasteiger partial charge in [0.05, 0.1) is 6.54 Å². The summed E-state index contributed by atoms with van der Waals surface area (Å²) in [6.45, 7) is 9.32. The maximum absolute atomic E-state index is 12.7. The van der Waals surface area contributed by atoms with Crippen molar-refractivity contribution in [2.75, 3.05) is 7.05 Å². The Morgan fingerprint density at radius 2 is 1.84 bits per heavy atom. The van der Waals surface area contributed by atoms with Crippen LogP contribution in [-0.4, -0.2) is 40.9 Å². The average molecular weight is 352 g/mol. The third-order valence-electron chi connectivity index (χ3n) is 3.81. The van der Waals surface area contributed by atoms with Crippen LogP contribution in [0, 0.1) is 18.8 Å². The number of nitrogens with one attached hydrogen (secondary N) is 1. The van der Waals surface area contributed by atoms with Gasteiger partial charge >= 0.3 is 5.97 Å². The highest BCUT2D eigenvalue weighted by atomic mass is 16.4. The van der Waals surface area contributed by atoms with Crippen LogP contribution < -0.4 is 5.32 Å². The zero-order chi connectivity index (χ0) is 19.3. The lowest BCUT2D eigenvalue weighted by atomic mass is 10.0. The lowest BCUT2D eigenvalue weighted by Gasteiger charge is -2.27. The third kappa shape index (κ3) is 5.92. The largest absolute Gasteiger partial charge is 0.478 e. The molecule has 0 radical (unpaired) electrons. The molecule has 1 aromatic heterocycles. The van der Waals surface area contributed by atoms with Crippen LogP contribution in [0.25, 0.3) is 0 Å². The lowest BCUT2D eigenvalue weighted by Crippen LogP contribution is -2.50. The Hall–Kier alpha value is -2.31. The van der Waals surface area contributed by atoms with Gasteiger partial charge in [-0.1, -0.05) is 27.7 Å². The first kappa shape index (κ1) is 20.7. The van der Waals surface area contributed by atoms with Crippen LogP contribution in [0.3, 0.4) is 0 Å². The standard InChI is InChI=1S/C18H28N2O5/c1-10(2)7-15(21)19-16(11(3)4)17(22)20(6)9-13-8-14(18(23)24)12(5)25-13/h8,10-11,16H,7,9H2,1-6H3,(H,19,21)(H,23,24). The molecule has 7 nitrogen and oxygen atoms in total. The summed E-state index contributed by atoms with van der Waals surface area (Å²) in [5.41, 5.74) is 0.0847. The number of rotatable bonds is 8. The van der Waals surface area contributed by atoms with Crippen molar-refractivity contribution in [3.05, 3.63) is 23.2 Å². The summed E-state index contributed by atoms with van der Waals surface area (Å²) in [5.74, 6) is -0.631. The predicted octanol–water partition coefficient (Wildman–Crippen LogP) is 2.43. The smallest absolute Gasteiger partial charge is 0.339 e. The highest BCUT2D eigenvalue weighted by Crippen LogP contribution is 2.17. The Morgan fingerprint density at radius 3 is 2.28 bits per heavy atom. The molecule has 1 rings (SSSR count). The fourth-order valence-corrected chi connectivity index (χ4v) is 2.50. The first-order chi connectivity index (χ1) is 11.5. The molecule has 7 heteroatoms. The first-order valence-corrected chi connectivity index (χ1v) is 8.39. The van der Waals surface area contributed by atoms with Gasteiger partial charge in [0.25, 0.3) is 0 Å². The number of carbonyl (C=O) groups is 3. The van der Waals surface area contributed by atoms with E-state index >= 15 is 0 Å². The fourth-order valence-electron chi connectivity index (χ4n) is 2.50. The van der Waals surface area contributed by atoms with Crippen LogP contribution in [0.15, 0.2) is 10.5 Å². The minimum atomic E-state index is -1.07. The second kappa shape index (κ2) is 8.69. The molecule has 1 atom stereocenters. The molecule has 140 valence electrons. The van der Waals surface area contributed by atoms with E-state index in [9.17, 15) is 14.4 Å². The Morgan fingerprint density at radius 1 is 1.24 bits per heavy atom. The van der Waals surface area contributed by atoms with E-state index in [-0.39, 0.29) is 35.8 Å². The Bertz CT molecular complexity index is 633. The number of nitrogens with zero attached hydrogens (tertiary/aromatic N) is 1. The molecule has 0 aliphatic carbocycles. The molecular weight excluding hydrogens is 324 g/mol. The zero-order valence-electron chi connectivity index (χ0n) is 15.8. The number of amides is 2. The SMILES string of the molecule is Cc1oc(CN(C)C(=O)C(NC(=O)CC(C)C)C(C)C)cc1C(=O)O. The highest BCUT2D eigenvalue weighted by molar-refractivity contribution is 5.89. The van der Waals surface area contributed by atoms with Crippen molar-refractivity contribution in [3.8, 4) is 0 Å². The van der Waals surface area contributed by atoms with Crippen LogP contribution in [0.2, 0.25) is 0 Å². The van der Waals surface area contributed by atoms with Crippen molar-refractivity contribution < 1.29 is 23.9 Å². The number of carbonyl (C=O) groups excluding carboxylic acids is 2. The number of carboxylic acid groups (broad SMARTS) is 1. The quantitative estimate of drug-likeness (QED) is 0.748. The summed E-state index contributed by atoms with van der Waals surface area (Å²) in [4.78, 5) is 37.2. The highest BCUT2D eigenvalue weighted by Gasteiger charge is 2.28. The number of aromatic carboxylic acids is 1. The summed E-state index contributed by atoms with van der Waals surface area (Å²) in [5, 5.41) is 11.9. The van der Waals surface area contributed by atoms with E-state index in [1.165, 1.54) is 11.0 Å². The molecule has 1 heterocycles. The van der Waals surface area contributed by atoms with E-state index in [1.54, 1.807) is 14.0 Å². The van der Waals surface area contributed by atoms with Crippen LogP contribution in [0.5, 0.6) is 0 Å². The van der Waals surface area contributed by atoms with E-state index in [4.69, 9.17) is 9.52 Å².